The number of nitrogen functional groups attached to an aromatic ring is 1. The van der Waals surface area contributed by atoms with Crippen LogP contribution >= 0.6 is 0 Å². The Morgan fingerprint density at radius 3 is 3.00 bits per heavy atom. The minimum atomic E-state index is -0.253. The minimum Gasteiger partial charge on any atom is -0.398 e. The van der Waals surface area contributed by atoms with Crippen molar-refractivity contribution in [2.24, 2.45) is 0 Å². The molecule has 2 aromatic rings. The van der Waals surface area contributed by atoms with Crippen molar-refractivity contribution in [2.45, 2.75) is 13.1 Å². The zero-order valence-corrected chi connectivity index (χ0v) is 10.3. The second-order valence-corrected chi connectivity index (χ2v) is 4.05. The lowest BCUT2D eigenvalue weighted by atomic mass is 10.4. The van der Waals surface area contributed by atoms with E-state index in [0.29, 0.717) is 18.8 Å². The van der Waals surface area contributed by atoms with Gasteiger partial charge in [0, 0.05) is 36.9 Å². The molecule has 2 rings (SSSR count). The molecular weight excluding hydrogens is 246 g/mol. The summed E-state index contributed by atoms with van der Waals surface area (Å²) in [6.07, 6.45) is 4.94. The van der Waals surface area contributed by atoms with E-state index in [1.54, 1.807) is 10.9 Å². The largest absolute Gasteiger partial charge is 0.398 e. The summed E-state index contributed by atoms with van der Waals surface area (Å²) in [7, 11) is 0. The fourth-order valence-corrected chi connectivity index (χ4v) is 1.63. The lowest BCUT2D eigenvalue weighted by molar-refractivity contribution is -0.121. The van der Waals surface area contributed by atoms with Crippen LogP contribution in [0.3, 0.4) is 0 Å². The third-order valence-corrected chi connectivity index (χ3v) is 2.54. The van der Waals surface area contributed by atoms with Crippen molar-refractivity contribution in [3.8, 4) is 0 Å². The van der Waals surface area contributed by atoms with Crippen LogP contribution < -0.4 is 16.6 Å². The first-order valence-corrected chi connectivity index (χ1v) is 5.85. The van der Waals surface area contributed by atoms with Gasteiger partial charge in [0.05, 0.1) is 6.54 Å². The van der Waals surface area contributed by atoms with Crippen LogP contribution in [0.15, 0.2) is 41.6 Å². The number of nitrogens with one attached hydrogen (secondary N) is 1. The van der Waals surface area contributed by atoms with E-state index in [0.717, 1.165) is 0 Å². The van der Waals surface area contributed by atoms with Crippen molar-refractivity contribution < 1.29 is 4.79 Å². The van der Waals surface area contributed by atoms with Crippen LogP contribution in [0.4, 0.5) is 5.69 Å². The highest BCUT2D eigenvalue weighted by Crippen LogP contribution is 1.95. The van der Waals surface area contributed by atoms with Gasteiger partial charge in [0.25, 0.3) is 5.56 Å². The minimum absolute atomic E-state index is 0.0387. The molecule has 0 aromatic carbocycles. The van der Waals surface area contributed by atoms with Gasteiger partial charge in [-0.3, -0.25) is 14.3 Å². The topological polar surface area (TPSA) is 94.9 Å². The van der Waals surface area contributed by atoms with Gasteiger partial charge in [-0.2, -0.15) is 5.10 Å². The van der Waals surface area contributed by atoms with Crippen molar-refractivity contribution >= 4 is 11.6 Å². The number of amides is 1. The number of aromatic nitrogens is 3. The maximum absolute atomic E-state index is 11.7. The molecule has 2 heterocycles. The predicted molar refractivity (Wildman–Crippen MR) is 70.4 cm³/mol. The summed E-state index contributed by atoms with van der Waals surface area (Å²) in [5.41, 5.74) is 5.76. The lowest BCUT2D eigenvalue weighted by Gasteiger charge is -2.08. The van der Waals surface area contributed by atoms with Crippen LogP contribution in [0.5, 0.6) is 0 Å². The van der Waals surface area contributed by atoms with Crippen molar-refractivity contribution in [3.05, 3.63) is 47.1 Å². The number of hydrogen-bond acceptors (Lipinski definition) is 4. The Morgan fingerprint density at radius 2 is 2.26 bits per heavy atom. The molecule has 0 atom stereocenters. The molecule has 0 aliphatic heterocycles. The Labute approximate surface area is 109 Å². The molecule has 0 radical (unpaired) electrons. The molecule has 100 valence electrons. The second-order valence-electron chi connectivity index (χ2n) is 4.05. The number of rotatable bonds is 5. The van der Waals surface area contributed by atoms with Gasteiger partial charge in [0.1, 0.15) is 6.54 Å². The standard InChI is InChI=1S/C12H15N5O2/c13-10-2-3-12(19)16(8-10)9-11(18)14-5-7-17-6-1-4-15-17/h1-4,6,8H,5,7,9,13H2,(H,14,18). The lowest BCUT2D eigenvalue weighted by Crippen LogP contribution is -2.33. The number of carbonyl (C=O) groups is 1. The fraction of sp³-hybridized carbons (Fsp3) is 0.250. The molecule has 3 N–H and O–H groups in total. The summed E-state index contributed by atoms with van der Waals surface area (Å²) in [5, 5.41) is 6.73. The second kappa shape index (κ2) is 5.85. The van der Waals surface area contributed by atoms with Crippen molar-refractivity contribution in [1.29, 1.82) is 0 Å². The van der Waals surface area contributed by atoms with Gasteiger partial charge in [-0.15, -0.1) is 0 Å². The zero-order chi connectivity index (χ0) is 13.7. The van der Waals surface area contributed by atoms with E-state index < -0.39 is 0 Å². The molecule has 0 unspecified atom stereocenters. The highest BCUT2D eigenvalue weighted by Gasteiger charge is 2.04. The first-order valence-electron chi connectivity index (χ1n) is 5.85. The number of nitrogens with two attached hydrogens (primary N) is 1. The van der Waals surface area contributed by atoms with E-state index in [-0.39, 0.29) is 18.0 Å². The monoisotopic (exact) mass is 261 g/mol. The molecule has 0 fully saturated rings. The Kier molecular flexibility index (Phi) is 3.97. The van der Waals surface area contributed by atoms with Gasteiger partial charge in [-0.1, -0.05) is 0 Å². The quantitative estimate of drug-likeness (QED) is 0.754. The zero-order valence-electron chi connectivity index (χ0n) is 10.3. The Morgan fingerprint density at radius 1 is 1.42 bits per heavy atom. The van der Waals surface area contributed by atoms with Gasteiger partial charge in [0.15, 0.2) is 0 Å². The first-order chi connectivity index (χ1) is 9.15. The van der Waals surface area contributed by atoms with E-state index in [2.05, 4.69) is 10.4 Å². The highest BCUT2D eigenvalue weighted by atomic mass is 16.2. The number of pyridine rings is 1. The van der Waals surface area contributed by atoms with E-state index >= 15 is 0 Å². The van der Waals surface area contributed by atoms with E-state index in [9.17, 15) is 9.59 Å². The smallest absolute Gasteiger partial charge is 0.251 e. The highest BCUT2D eigenvalue weighted by molar-refractivity contribution is 5.75. The van der Waals surface area contributed by atoms with Crippen LogP contribution in [-0.4, -0.2) is 26.8 Å². The van der Waals surface area contributed by atoms with Crippen molar-refractivity contribution in [1.82, 2.24) is 19.7 Å². The van der Waals surface area contributed by atoms with E-state index in [1.165, 1.54) is 22.9 Å². The number of anilines is 1. The van der Waals surface area contributed by atoms with Gasteiger partial charge in [0.2, 0.25) is 5.91 Å². The number of hydrogen-bond donors (Lipinski definition) is 2. The molecule has 0 spiro atoms. The molecule has 0 saturated heterocycles. The molecule has 2 aromatic heterocycles. The summed E-state index contributed by atoms with van der Waals surface area (Å²) in [6, 6.07) is 4.66. The normalized spacial score (nSPS) is 10.3. The Bertz CT molecular complexity index is 603. The maximum Gasteiger partial charge on any atom is 0.251 e. The SMILES string of the molecule is Nc1ccc(=O)n(CC(=O)NCCn2cccn2)c1. The third-order valence-electron chi connectivity index (χ3n) is 2.54. The average Bonchev–Trinajstić information content (AvgIpc) is 2.87. The maximum atomic E-state index is 11.7. The molecular formula is C12H15N5O2. The van der Waals surface area contributed by atoms with Crippen molar-refractivity contribution in [2.75, 3.05) is 12.3 Å². The molecule has 0 saturated carbocycles. The summed E-state index contributed by atoms with van der Waals surface area (Å²) in [5.74, 6) is -0.236. The van der Waals surface area contributed by atoms with Crippen LogP contribution in [0.1, 0.15) is 0 Å². The Hall–Kier alpha value is -2.57. The molecule has 0 bridgehead atoms. The fourth-order valence-electron chi connectivity index (χ4n) is 1.63. The molecule has 0 aliphatic carbocycles. The molecule has 0 aliphatic rings. The van der Waals surface area contributed by atoms with Crippen LogP contribution in [0.25, 0.3) is 0 Å². The van der Waals surface area contributed by atoms with Crippen molar-refractivity contribution in [3.63, 3.8) is 0 Å². The predicted octanol–water partition coefficient (Wildman–Crippen LogP) is -0.557. The number of nitrogens with zero attached hydrogens (tertiary/aromatic N) is 3. The third kappa shape index (κ3) is 3.70. The van der Waals surface area contributed by atoms with Gasteiger partial charge < -0.3 is 15.6 Å². The number of carbonyl (C=O) groups excluding carboxylic acids is 1. The molecule has 7 nitrogen and oxygen atoms in total. The van der Waals surface area contributed by atoms with Crippen LogP contribution in [0, 0.1) is 0 Å². The Balaban J connectivity index is 1.84. The summed E-state index contributed by atoms with van der Waals surface area (Å²) < 4.78 is 2.99. The van der Waals surface area contributed by atoms with Gasteiger partial charge >= 0.3 is 0 Å². The van der Waals surface area contributed by atoms with Crippen LogP contribution in [0.2, 0.25) is 0 Å². The summed E-state index contributed by atoms with van der Waals surface area (Å²) in [4.78, 5) is 23.1. The van der Waals surface area contributed by atoms with Gasteiger partial charge in [-0.05, 0) is 12.1 Å². The molecule has 7 heteroatoms. The van der Waals surface area contributed by atoms with E-state index in [1.807, 2.05) is 12.3 Å². The molecule has 19 heavy (non-hydrogen) atoms. The van der Waals surface area contributed by atoms with Crippen LogP contribution in [-0.2, 0) is 17.9 Å². The average molecular weight is 261 g/mol. The first kappa shape index (κ1) is 12.9. The van der Waals surface area contributed by atoms with Gasteiger partial charge in [-0.25, -0.2) is 0 Å². The summed E-state index contributed by atoms with van der Waals surface area (Å²) in [6.45, 7) is 1.01. The summed E-state index contributed by atoms with van der Waals surface area (Å²) >= 11 is 0. The van der Waals surface area contributed by atoms with E-state index in [4.69, 9.17) is 5.73 Å². The molecule has 1 amide bonds.